The fourth-order valence-corrected chi connectivity index (χ4v) is 7.96. The van der Waals surface area contributed by atoms with Crippen LogP contribution < -0.4 is 0 Å². The summed E-state index contributed by atoms with van der Waals surface area (Å²) in [7, 11) is 0. The Kier molecular flexibility index (Phi) is 28.8. The lowest BCUT2D eigenvalue weighted by molar-refractivity contribution is -0.202. The van der Waals surface area contributed by atoms with E-state index in [0.29, 0.717) is 19.3 Å². The van der Waals surface area contributed by atoms with E-state index in [0.717, 1.165) is 44.9 Å². The number of aliphatic hydroxyl groups is 3. The van der Waals surface area contributed by atoms with Crippen LogP contribution in [0.3, 0.4) is 0 Å². The lowest BCUT2D eigenvalue weighted by Gasteiger charge is -2.40. The molecule has 0 aromatic heterocycles. The van der Waals surface area contributed by atoms with E-state index < -0.39 is 40.4 Å². The molecule has 304 valence electrons. The van der Waals surface area contributed by atoms with Crippen molar-refractivity contribution in [1.82, 2.24) is 0 Å². The Morgan fingerprint density at radius 2 is 0.750 bits per heavy atom. The third-order valence-electron chi connectivity index (χ3n) is 11.6. The van der Waals surface area contributed by atoms with E-state index in [1.807, 2.05) is 0 Å². The largest absolute Gasteiger partial charge is 0.382 e. The Morgan fingerprint density at radius 3 is 1.04 bits per heavy atom. The monoisotopic (exact) mass is 735 g/mol. The molecule has 3 N–H and O–H groups in total. The molecule has 0 radical (unpaired) electrons. The molecule has 0 aromatic rings. The number of unbranched alkanes of at least 4 members (excludes halogenated alkanes) is 30. The van der Waals surface area contributed by atoms with Crippen molar-refractivity contribution >= 4 is 23.1 Å². The standard InChI is InChI=1S/C45H82O7/c1-3-5-7-9-11-13-15-17-19-21-23-25-27-29-31-33-35-39(46)43(50)45(52,44(51)41(48)37-38-42(44)49)40(47)36-34-32-30-28-26-24-22-20-18-16-14-12-10-8-6-4-2/h43,50-52H,3-38H2,1-2H3. The number of Topliss-reactive ketones (excluding diaryl/α,β-unsaturated/α-hetero) is 4. The Bertz CT molecular complexity index is 930. The first kappa shape index (κ1) is 48.6. The molecule has 1 fully saturated rings. The maximum Gasteiger partial charge on any atom is 0.220 e. The SMILES string of the molecule is CCCCCCCCCCCCCCCCCCC(=O)C(O)C(O)(C(=O)CCCCCCCCCCCCCCCCCC)C1(O)C(=O)CCC1=O. The molecule has 7 heteroatoms. The van der Waals surface area contributed by atoms with E-state index in [-0.39, 0.29) is 25.7 Å². The maximum atomic E-state index is 13.4. The van der Waals surface area contributed by atoms with E-state index in [2.05, 4.69) is 13.8 Å². The third-order valence-corrected chi connectivity index (χ3v) is 11.6. The minimum atomic E-state index is -3.15. The van der Waals surface area contributed by atoms with E-state index in [1.165, 1.54) is 141 Å². The number of carbonyl (C=O) groups excluding carboxylic acids is 4. The van der Waals surface area contributed by atoms with E-state index in [9.17, 15) is 34.5 Å². The van der Waals surface area contributed by atoms with Gasteiger partial charge in [-0.25, -0.2) is 0 Å². The Morgan fingerprint density at radius 1 is 0.500 bits per heavy atom. The first-order valence-electron chi connectivity index (χ1n) is 22.4. The van der Waals surface area contributed by atoms with Gasteiger partial charge in [0.2, 0.25) is 5.60 Å². The average Bonchev–Trinajstić information content (AvgIpc) is 3.41. The molecule has 0 saturated heterocycles. The lowest BCUT2D eigenvalue weighted by atomic mass is 9.70. The van der Waals surface area contributed by atoms with Crippen molar-refractivity contribution in [3.05, 3.63) is 0 Å². The second kappa shape index (κ2) is 30.8. The Labute approximate surface area is 319 Å². The molecule has 1 saturated carbocycles. The van der Waals surface area contributed by atoms with Gasteiger partial charge in [-0.15, -0.1) is 0 Å². The predicted molar refractivity (Wildman–Crippen MR) is 213 cm³/mol. The molecule has 0 spiro atoms. The van der Waals surface area contributed by atoms with Gasteiger partial charge in [0.15, 0.2) is 34.8 Å². The predicted octanol–water partition coefficient (Wildman–Crippen LogP) is 11.2. The van der Waals surface area contributed by atoms with Crippen LogP contribution in [-0.4, -0.2) is 55.8 Å². The van der Waals surface area contributed by atoms with Crippen LogP contribution in [-0.2, 0) is 19.2 Å². The summed E-state index contributed by atoms with van der Waals surface area (Å²) in [6.45, 7) is 4.50. The van der Waals surface area contributed by atoms with Crippen LogP contribution in [0.25, 0.3) is 0 Å². The number of hydrogen-bond acceptors (Lipinski definition) is 7. The van der Waals surface area contributed by atoms with E-state index >= 15 is 0 Å². The van der Waals surface area contributed by atoms with Gasteiger partial charge in [-0.2, -0.15) is 0 Å². The molecule has 1 aliphatic rings. The van der Waals surface area contributed by atoms with Gasteiger partial charge in [0.25, 0.3) is 0 Å². The Balaban J connectivity index is 2.33. The summed E-state index contributed by atoms with van der Waals surface area (Å²) < 4.78 is 0. The molecule has 0 aliphatic heterocycles. The molecule has 0 heterocycles. The smallest absolute Gasteiger partial charge is 0.220 e. The Hall–Kier alpha value is -1.44. The zero-order valence-corrected chi connectivity index (χ0v) is 34.0. The normalized spacial score (nSPS) is 16.0. The van der Waals surface area contributed by atoms with Crippen LogP contribution in [0.15, 0.2) is 0 Å². The molecule has 0 amide bonds. The summed E-state index contributed by atoms with van der Waals surface area (Å²) >= 11 is 0. The van der Waals surface area contributed by atoms with Gasteiger partial charge in [0, 0.05) is 25.7 Å². The fourth-order valence-electron chi connectivity index (χ4n) is 7.96. The second-order valence-electron chi connectivity index (χ2n) is 16.2. The highest BCUT2D eigenvalue weighted by Gasteiger charge is 2.69. The summed E-state index contributed by atoms with van der Waals surface area (Å²) in [5.74, 6) is -3.82. The van der Waals surface area contributed by atoms with Gasteiger partial charge in [0.05, 0.1) is 0 Å². The number of hydrogen-bond donors (Lipinski definition) is 3. The molecule has 2 atom stereocenters. The van der Waals surface area contributed by atoms with Crippen molar-refractivity contribution in [2.24, 2.45) is 0 Å². The van der Waals surface area contributed by atoms with E-state index in [4.69, 9.17) is 0 Å². The summed E-state index contributed by atoms with van der Waals surface area (Å²) in [4.78, 5) is 52.0. The molecular formula is C45H82O7. The van der Waals surface area contributed by atoms with Crippen LogP contribution in [0, 0.1) is 0 Å². The number of ketones is 4. The molecule has 0 aromatic carbocycles. The van der Waals surface area contributed by atoms with Crippen molar-refractivity contribution in [1.29, 1.82) is 0 Å². The van der Waals surface area contributed by atoms with E-state index in [1.54, 1.807) is 0 Å². The highest BCUT2D eigenvalue weighted by molar-refractivity contribution is 6.21. The molecular weight excluding hydrogens is 652 g/mol. The third kappa shape index (κ3) is 18.7. The van der Waals surface area contributed by atoms with Gasteiger partial charge >= 0.3 is 0 Å². The fraction of sp³-hybridized carbons (Fsp3) is 0.911. The first-order chi connectivity index (χ1) is 25.2. The van der Waals surface area contributed by atoms with Gasteiger partial charge in [-0.1, -0.05) is 206 Å². The summed E-state index contributed by atoms with van der Waals surface area (Å²) in [6.07, 6.45) is 34.3. The quantitative estimate of drug-likeness (QED) is 0.0425. The van der Waals surface area contributed by atoms with Crippen LogP contribution >= 0.6 is 0 Å². The van der Waals surface area contributed by atoms with Crippen LogP contribution in [0.4, 0.5) is 0 Å². The van der Waals surface area contributed by atoms with Crippen LogP contribution in [0.5, 0.6) is 0 Å². The van der Waals surface area contributed by atoms with Gasteiger partial charge in [-0.3, -0.25) is 19.2 Å². The second-order valence-corrected chi connectivity index (χ2v) is 16.2. The summed E-state index contributed by atoms with van der Waals surface area (Å²) in [6, 6.07) is 0. The molecule has 2 unspecified atom stereocenters. The maximum absolute atomic E-state index is 13.4. The zero-order valence-electron chi connectivity index (χ0n) is 34.0. The van der Waals surface area contributed by atoms with Crippen molar-refractivity contribution in [3.8, 4) is 0 Å². The molecule has 1 rings (SSSR count). The number of aliphatic hydroxyl groups excluding tert-OH is 1. The van der Waals surface area contributed by atoms with Crippen molar-refractivity contribution < 1.29 is 34.5 Å². The van der Waals surface area contributed by atoms with Crippen molar-refractivity contribution in [2.45, 2.75) is 262 Å². The minimum Gasteiger partial charge on any atom is -0.382 e. The van der Waals surface area contributed by atoms with Gasteiger partial charge in [-0.05, 0) is 12.8 Å². The van der Waals surface area contributed by atoms with Crippen LogP contribution in [0.1, 0.15) is 245 Å². The van der Waals surface area contributed by atoms with Crippen molar-refractivity contribution in [3.63, 3.8) is 0 Å². The highest BCUT2D eigenvalue weighted by Crippen LogP contribution is 2.38. The minimum absolute atomic E-state index is 0.0906. The molecule has 7 nitrogen and oxygen atoms in total. The van der Waals surface area contributed by atoms with Crippen LogP contribution in [0.2, 0.25) is 0 Å². The molecule has 0 bridgehead atoms. The van der Waals surface area contributed by atoms with Gasteiger partial charge in [0.1, 0.15) is 0 Å². The summed E-state index contributed by atoms with van der Waals surface area (Å²) in [5.41, 5.74) is -6.23. The molecule has 1 aliphatic carbocycles. The topological polar surface area (TPSA) is 129 Å². The highest BCUT2D eigenvalue weighted by atomic mass is 16.4. The van der Waals surface area contributed by atoms with Gasteiger partial charge < -0.3 is 15.3 Å². The first-order valence-corrected chi connectivity index (χ1v) is 22.4. The molecule has 52 heavy (non-hydrogen) atoms. The average molecular weight is 735 g/mol. The number of rotatable bonds is 38. The lowest BCUT2D eigenvalue weighted by Crippen LogP contribution is -2.72. The number of carbonyl (C=O) groups is 4. The van der Waals surface area contributed by atoms with Crippen molar-refractivity contribution in [2.75, 3.05) is 0 Å². The zero-order chi connectivity index (χ0) is 38.3. The summed E-state index contributed by atoms with van der Waals surface area (Å²) in [5, 5.41) is 33.8.